The molecule has 1 rings (SSSR count). The summed E-state index contributed by atoms with van der Waals surface area (Å²) in [7, 11) is -2.07. The molecule has 0 aliphatic carbocycles. The molecule has 0 spiro atoms. The summed E-state index contributed by atoms with van der Waals surface area (Å²) in [5, 5.41) is 2.84. The maximum atomic E-state index is 11.7. The van der Waals surface area contributed by atoms with Crippen molar-refractivity contribution in [3.8, 4) is 0 Å². The normalized spacial score (nSPS) is 13.9. The summed E-state index contributed by atoms with van der Waals surface area (Å²) in [4.78, 5) is 11.9. The fraction of sp³-hybridized carbons (Fsp3) is 0.462. The van der Waals surface area contributed by atoms with Gasteiger partial charge < -0.3 is 11.1 Å². The van der Waals surface area contributed by atoms with Gasteiger partial charge in [0, 0.05) is 12.5 Å². The Morgan fingerprint density at radius 2 is 1.76 bits per heavy atom. The number of rotatable bonds is 6. The molecular weight excluding hydrogens is 314 g/mol. The molecule has 0 heterocycles. The SMILES string of the molecule is CNS(=O)(=O)c1ccc(C(C)NC(=O)C(C)CN)cc1.Cl. The van der Waals surface area contributed by atoms with Crippen LogP contribution in [0.25, 0.3) is 0 Å². The number of sulfonamides is 1. The Balaban J connectivity index is 0.00000400. The molecule has 0 aromatic heterocycles. The second-order valence-electron chi connectivity index (χ2n) is 4.64. The van der Waals surface area contributed by atoms with E-state index in [1.807, 2.05) is 6.92 Å². The number of amides is 1. The van der Waals surface area contributed by atoms with Gasteiger partial charge in [-0.05, 0) is 31.7 Å². The van der Waals surface area contributed by atoms with Crippen LogP contribution in [-0.2, 0) is 14.8 Å². The van der Waals surface area contributed by atoms with E-state index < -0.39 is 10.0 Å². The van der Waals surface area contributed by atoms with Crippen molar-refractivity contribution in [2.24, 2.45) is 11.7 Å². The summed E-state index contributed by atoms with van der Waals surface area (Å²) in [5.74, 6) is -0.367. The third kappa shape index (κ3) is 5.28. The van der Waals surface area contributed by atoms with Crippen LogP contribution in [0.2, 0.25) is 0 Å². The Kier molecular flexibility index (Phi) is 7.87. The van der Waals surface area contributed by atoms with Gasteiger partial charge in [-0.2, -0.15) is 0 Å². The number of nitrogens with two attached hydrogens (primary N) is 1. The molecule has 0 aliphatic heterocycles. The molecule has 0 saturated carbocycles. The summed E-state index contributed by atoms with van der Waals surface area (Å²) >= 11 is 0. The maximum Gasteiger partial charge on any atom is 0.240 e. The highest BCUT2D eigenvalue weighted by molar-refractivity contribution is 7.89. The van der Waals surface area contributed by atoms with Gasteiger partial charge in [-0.15, -0.1) is 12.4 Å². The summed E-state index contributed by atoms with van der Waals surface area (Å²) in [5.41, 5.74) is 6.27. The molecule has 0 aliphatic rings. The fourth-order valence-corrected chi connectivity index (χ4v) is 2.33. The van der Waals surface area contributed by atoms with Crippen molar-refractivity contribution in [2.75, 3.05) is 13.6 Å². The van der Waals surface area contributed by atoms with E-state index in [-0.39, 0.29) is 41.7 Å². The summed E-state index contributed by atoms with van der Waals surface area (Å²) in [6, 6.07) is 6.18. The van der Waals surface area contributed by atoms with Crippen molar-refractivity contribution in [1.29, 1.82) is 0 Å². The number of nitrogens with one attached hydrogen (secondary N) is 2. The lowest BCUT2D eigenvalue weighted by Gasteiger charge is -2.17. The van der Waals surface area contributed by atoms with Crippen LogP contribution in [0.3, 0.4) is 0 Å². The fourth-order valence-electron chi connectivity index (χ4n) is 1.60. The van der Waals surface area contributed by atoms with Gasteiger partial charge in [0.1, 0.15) is 0 Å². The van der Waals surface area contributed by atoms with Gasteiger partial charge in [0.05, 0.1) is 10.9 Å². The zero-order chi connectivity index (χ0) is 15.3. The lowest BCUT2D eigenvalue weighted by Crippen LogP contribution is -2.34. The van der Waals surface area contributed by atoms with Gasteiger partial charge in [0.2, 0.25) is 15.9 Å². The van der Waals surface area contributed by atoms with Crippen LogP contribution in [0.1, 0.15) is 25.5 Å². The zero-order valence-corrected chi connectivity index (χ0v) is 13.9. The van der Waals surface area contributed by atoms with Crippen LogP contribution >= 0.6 is 12.4 Å². The average Bonchev–Trinajstić information content (AvgIpc) is 2.46. The Morgan fingerprint density at radius 3 is 2.19 bits per heavy atom. The largest absolute Gasteiger partial charge is 0.349 e. The molecule has 0 radical (unpaired) electrons. The van der Waals surface area contributed by atoms with Crippen LogP contribution in [0.15, 0.2) is 29.2 Å². The van der Waals surface area contributed by atoms with Crippen LogP contribution < -0.4 is 15.8 Å². The Morgan fingerprint density at radius 1 is 1.24 bits per heavy atom. The first-order chi connectivity index (χ1) is 9.31. The molecule has 0 saturated heterocycles. The number of halogens is 1. The molecule has 120 valence electrons. The third-order valence-corrected chi connectivity index (χ3v) is 4.55. The predicted molar refractivity (Wildman–Crippen MR) is 84.7 cm³/mol. The first-order valence-electron chi connectivity index (χ1n) is 6.35. The van der Waals surface area contributed by atoms with E-state index in [0.29, 0.717) is 0 Å². The minimum Gasteiger partial charge on any atom is -0.349 e. The number of hydrogen-bond acceptors (Lipinski definition) is 4. The Labute approximate surface area is 132 Å². The molecular formula is C13H22ClN3O3S. The minimum atomic E-state index is -3.43. The van der Waals surface area contributed by atoms with Crippen LogP contribution in [0, 0.1) is 5.92 Å². The maximum absolute atomic E-state index is 11.7. The lowest BCUT2D eigenvalue weighted by atomic mass is 10.1. The molecule has 2 atom stereocenters. The van der Waals surface area contributed by atoms with Crippen molar-refractivity contribution >= 4 is 28.3 Å². The Hall–Kier alpha value is -1.15. The van der Waals surface area contributed by atoms with Crippen molar-refractivity contribution in [1.82, 2.24) is 10.0 Å². The number of carbonyl (C=O) groups excluding carboxylic acids is 1. The zero-order valence-electron chi connectivity index (χ0n) is 12.3. The van der Waals surface area contributed by atoms with Gasteiger partial charge in [-0.3, -0.25) is 4.79 Å². The number of benzene rings is 1. The van der Waals surface area contributed by atoms with Crippen molar-refractivity contribution in [3.63, 3.8) is 0 Å². The highest BCUT2D eigenvalue weighted by Crippen LogP contribution is 2.16. The molecule has 4 N–H and O–H groups in total. The number of hydrogen-bond donors (Lipinski definition) is 3. The van der Waals surface area contributed by atoms with Crippen LogP contribution in [0.5, 0.6) is 0 Å². The molecule has 6 nitrogen and oxygen atoms in total. The average molecular weight is 336 g/mol. The Bertz CT molecular complexity index is 561. The van der Waals surface area contributed by atoms with E-state index in [1.165, 1.54) is 19.2 Å². The lowest BCUT2D eigenvalue weighted by molar-refractivity contribution is -0.124. The van der Waals surface area contributed by atoms with Gasteiger partial charge in [0.25, 0.3) is 0 Å². The van der Waals surface area contributed by atoms with Crippen LogP contribution in [-0.4, -0.2) is 27.9 Å². The van der Waals surface area contributed by atoms with E-state index in [0.717, 1.165) is 5.56 Å². The molecule has 1 amide bonds. The first-order valence-corrected chi connectivity index (χ1v) is 7.84. The highest BCUT2D eigenvalue weighted by Gasteiger charge is 2.16. The quantitative estimate of drug-likeness (QED) is 0.715. The molecule has 0 bridgehead atoms. The second-order valence-corrected chi connectivity index (χ2v) is 6.53. The van der Waals surface area contributed by atoms with E-state index in [4.69, 9.17) is 5.73 Å². The van der Waals surface area contributed by atoms with Crippen LogP contribution in [0.4, 0.5) is 0 Å². The van der Waals surface area contributed by atoms with Gasteiger partial charge in [-0.1, -0.05) is 19.1 Å². The van der Waals surface area contributed by atoms with Gasteiger partial charge in [0.15, 0.2) is 0 Å². The molecule has 1 aromatic carbocycles. The minimum absolute atomic E-state index is 0. The topological polar surface area (TPSA) is 101 Å². The molecule has 21 heavy (non-hydrogen) atoms. The standard InChI is InChI=1S/C13H21N3O3S.ClH/c1-9(8-14)13(17)16-10(2)11-4-6-12(7-5-11)20(18,19)15-3;/h4-7,9-10,15H,8,14H2,1-3H3,(H,16,17);1H. The smallest absolute Gasteiger partial charge is 0.240 e. The summed E-state index contributed by atoms with van der Waals surface area (Å²) in [6.45, 7) is 3.88. The number of carbonyl (C=O) groups is 1. The summed E-state index contributed by atoms with van der Waals surface area (Å²) < 4.78 is 25.4. The van der Waals surface area contributed by atoms with E-state index in [2.05, 4.69) is 10.0 Å². The summed E-state index contributed by atoms with van der Waals surface area (Å²) in [6.07, 6.45) is 0. The molecule has 8 heteroatoms. The molecule has 0 fully saturated rings. The predicted octanol–water partition coefficient (Wildman–Crippen LogP) is 0.788. The second kappa shape index (κ2) is 8.33. The monoisotopic (exact) mass is 335 g/mol. The first kappa shape index (κ1) is 19.9. The van der Waals surface area contributed by atoms with Gasteiger partial charge in [-0.25, -0.2) is 13.1 Å². The van der Waals surface area contributed by atoms with E-state index in [9.17, 15) is 13.2 Å². The van der Waals surface area contributed by atoms with Crippen molar-refractivity contribution in [3.05, 3.63) is 29.8 Å². The van der Waals surface area contributed by atoms with Crippen molar-refractivity contribution < 1.29 is 13.2 Å². The van der Waals surface area contributed by atoms with E-state index >= 15 is 0 Å². The third-order valence-electron chi connectivity index (χ3n) is 3.12. The molecule has 1 aromatic rings. The van der Waals surface area contributed by atoms with E-state index in [1.54, 1.807) is 19.1 Å². The van der Waals surface area contributed by atoms with Crippen molar-refractivity contribution in [2.45, 2.75) is 24.8 Å². The highest BCUT2D eigenvalue weighted by atomic mass is 35.5. The molecule has 2 unspecified atom stereocenters. The van der Waals surface area contributed by atoms with Gasteiger partial charge >= 0.3 is 0 Å².